The van der Waals surface area contributed by atoms with E-state index in [-0.39, 0.29) is 24.1 Å². The largest absolute Gasteiger partial charge is 0.352 e. The van der Waals surface area contributed by atoms with Gasteiger partial charge in [0, 0.05) is 22.9 Å². The molecule has 0 saturated heterocycles. The van der Waals surface area contributed by atoms with Crippen molar-refractivity contribution in [3.05, 3.63) is 34.9 Å². The molecule has 0 bridgehead atoms. The van der Waals surface area contributed by atoms with Crippen LogP contribution in [0.5, 0.6) is 0 Å². The lowest BCUT2D eigenvalue weighted by Crippen LogP contribution is -2.50. The molecule has 2 amide bonds. The second kappa shape index (κ2) is 10.1. The zero-order chi connectivity index (χ0) is 19.9. The monoisotopic (exact) mass is 414 g/mol. The van der Waals surface area contributed by atoms with Crippen molar-refractivity contribution < 1.29 is 18.0 Å². The Labute approximate surface area is 166 Å². The van der Waals surface area contributed by atoms with Crippen molar-refractivity contribution in [3.63, 3.8) is 0 Å². The highest BCUT2D eigenvalue weighted by Gasteiger charge is 2.25. The standard InChI is InChI=1S/C19H27ClN2O4S/c1-27(25,26)13-12-17(19(24)21-16-6-4-2-3-5-7-16)22-18(23)14-8-10-15(20)11-9-14/h8-11,16-17H,2-7,12-13H2,1H3,(H,21,24)(H,22,23)/t17-/m1/s1. The predicted octanol–water partition coefficient (Wildman–Crippen LogP) is 2.71. The van der Waals surface area contributed by atoms with Gasteiger partial charge in [-0.2, -0.15) is 0 Å². The number of sulfone groups is 1. The third-order valence-corrected chi connectivity index (χ3v) is 5.94. The number of carbonyl (C=O) groups is 2. The normalized spacial score (nSPS) is 17.0. The lowest BCUT2D eigenvalue weighted by atomic mass is 10.1. The highest BCUT2D eigenvalue weighted by Crippen LogP contribution is 2.17. The molecule has 1 aromatic carbocycles. The highest BCUT2D eigenvalue weighted by atomic mass is 35.5. The second-order valence-electron chi connectivity index (χ2n) is 7.15. The lowest BCUT2D eigenvalue weighted by Gasteiger charge is -2.22. The number of carbonyl (C=O) groups excluding carboxylic acids is 2. The minimum Gasteiger partial charge on any atom is -0.352 e. The van der Waals surface area contributed by atoms with Crippen LogP contribution in [0.4, 0.5) is 0 Å². The van der Waals surface area contributed by atoms with Gasteiger partial charge in [-0.1, -0.05) is 37.3 Å². The van der Waals surface area contributed by atoms with Crippen LogP contribution in [0.2, 0.25) is 5.02 Å². The van der Waals surface area contributed by atoms with E-state index in [1.165, 1.54) is 0 Å². The number of benzene rings is 1. The fraction of sp³-hybridized carbons (Fsp3) is 0.579. The molecule has 1 saturated carbocycles. The van der Waals surface area contributed by atoms with Crippen LogP contribution in [0.3, 0.4) is 0 Å². The molecule has 1 atom stereocenters. The Balaban J connectivity index is 2.05. The average Bonchev–Trinajstić information content (AvgIpc) is 2.86. The van der Waals surface area contributed by atoms with Gasteiger partial charge in [-0.25, -0.2) is 8.42 Å². The lowest BCUT2D eigenvalue weighted by molar-refractivity contribution is -0.123. The summed E-state index contributed by atoms with van der Waals surface area (Å²) in [6.07, 6.45) is 7.44. The van der Waals surface area contributed by atoms with E-state index in [1.54, 1.807) is 24.3 Å². The van der Waals surface area contributed by atoms with Gasteiger partial charge in [-0.05, 0) is 43.5 Å². The summed E-state index contributed by atoms with van der Waals surface area (Å²) < 4.78 is 23.1. The van der Waals surface area contributed by atoms with Crippen molar-refractivity contribution in [1.29, 1.82) is 0 Å². The van der Waals surface area contributed by atoms with Crippen molar-refractivity contribution >= 4 is 33.3 Å². The molecule has 150 valence electrons. The number of hydrogen-bond acceptors (Lipinski definition) is 4. The van der Waals surface area contributed by atoms with Gasteiger partial charge in [0.1, 0.15) is 15.9 Å². The van der Waals surface area contributed by atoms with Crippen LogP contribution in [-0.2, 0) is 14.6 Å². The van der Waals surface area contributed by atoms with Crippen molar-refractivity contribution in [2.45, 2.75) is 57.0 Å². The Morgan fingerprint density at radius 3 is 2.26 bits per heavy atom. The maximum atomic E-state index is 12.7. The summed E-state index contributed by atoms with van der Waals surface area (Å²) >= 11 is 5.83. The molecule has 2 N–H and O–H groups in total. The molecule has 1 aliphatic rings. The van der Waals surface area contributed by atoms with E-state index >= 15 is 0 Å². The average molecular weight is 415 g/mol. The Kier molecular flexibility index (Phi) is 8.10. The van der Waals surface area contributed by atoms with Crippen LogP contribution in [0.15, 0.2) is 24.3 Å². The minimum absolute atomic E-state index is 0.0384. The topological polar surface area (TPSA) is 92.3 Å². The first-order chi connectivity index (χ1) is 12.7. The predicted molar refractivity (Wildman–Crippen MR) is 107 cm³/mol. The molecule has 0 radical (unpaired) electrons. The van der Waals surface area contributed by atoms with E-state index in [9.17, 15) is 18.0 Å². The fourth-order valence-corrected chi connectivity index (χ4v) is 3.96. The summed E-state index contributed by atoms with van der Waals surface area (Å²) in [6, 6.07) is 5.49. The van der Waals surface area contributed by atoms with Gasteiger partial charge in [0.15, 0.2) is 0 Å². The first-order valence-electron chi connectivity index (χ1n) is 9.29. The molecule has 6 nitrogen and oxygen atoms in total. The molecule has 8 heteroatoms. The summed E-state index contributed by atoms with van der Waals surface area (Å²) in [7, 11) is -3.25. The van der Waals surface area contributed by atoms with E-state index in [0.717, 1.165) is 44.8 Å². The number of nitrogens with one attached hydrogen (secondary N) is 2. The van der Waals surface area contributed by atoms with Gasteiger partial charge in [0.05, 0.1) is 5.75 Å². The van der Waals surface area contributed by atoms with Crippen molar-refractivity contribution in [1.82, 2.24) is 10.6 Å². The number of halogens is 1. The van der Waals surface area contributed by atoms with Crippen LogP contribution in [0.1, 0.15) is 55.3 Å². The molecular formula is C19H27ClN2O4S. The van der Waals surface area contributed by atoms with Gasteiger partial charge < -0.3 is 10.6 Å². The maximum Gasteiger partial charge on any atom is 0.251 e. The zero-order valence-corrected chi connectivity index (χ0v) is 17.1. The van der Waals surface area contributed by atoms with Gasteiger partial charge in [-0.3, -0.25) is 9.59 Å². The fourth-order valence-electron chi connectivity index (χ4n) is 3.17. The second-order valence-corrected chi connectivity index (χ2v) is 9.84. The first-order valence-corrected chi connectivity index (χ1v) is 11.7. The molecule has 27 heavy (non-hydrogen) atoms. The van der Waals surface area contributed by atoms with Gasteiger partial charge in [0.2, 0.25) is 5.91 Å². The van der Waals surface area contributed by atoms with Crippen LogP contribution in [0.25, 0.3) is 0 Å². The van der Waals surface area contributed by atoms with Crippen LogP contribution in [-0.4, -0.2) is 44.3 Å². The zero-order valence-electron chi connectivity index (χ0n) is 15.5. The third-order valence-electron chi connectivity index (χ3n) is 4.71. The molecule has 0 heterocycles. The van der Waals surface area contributed by atoms with Crippen molar-refractivity contribution in [3.8, 4) is 0 Å². The Morgan fingerprint density at radius 1 is 1.11 bits per heavy atom. The minimum atomic E-state index is -3.25. The van der Waals surface area contributed by atoms with Crippen molar-refractivity contribution in [2.75, 3.05) is 12.0 Å². The number of rotatable bonds is 7. The van der Waals surface area contributed by atoms with E-state index in [4.69, 9.17) is 11.6 Å². The van der Waals surface area contributed by atoms with E-state index < -0.39 is 21.8 Å². The summed E-state index contributed by atoms with van der Waals surface area (Å²) in [5.41, 5.74) is 0.367. The van der Waals surface area contributed by atoms with Crippen LogP contribution >= 0.6 is 11.6 Å². The Morgan fingerprint density at radius 2 is 1.70 bits per heavy atom. The van der Waals surface area contributed by atoms with Crippen LogP contribution < -0.4 is 10.6 Å². The summed E-state index contributed by atoms with van der Waals surface area (Å²) in [4.78, 5) is 25.2. The SMILES string of the molecule is CS(=O)(=O)CC[C@@H](NC(=O)c1ccc(Cl)cc1)C(=O)NC1CCCCCC1. The molecular weight excluding hydrogens is 388 g/mol. The summed E-state index contributed by atoms with van der Waals surface area (Å²) in [6.45, 7) is 0. The number of hydrogen-bond donors (Lipinski definition) is 2. The van der Waals surface area contributed by atoms with Crippen molar-refractivity contribution in [2.24, 2.45) is 0 Å². The Bertz CT molecular complexity index is 741. The molecule has 2 rings (SSSR count). The van der Waals surface area contributed by atoms with Crippen LogP contribution in [0, 0.1) is 0 Å². The molecule has 0 aliphatic heterocycles. The molecule has 0 aromatic heterocycles. The third kappa shape index (κ3) is 7.89. The van der Waals surface area contributed by atoms with E-state index in [0.29, 0.717) is 10.6 Å². The van der Waals surface area contributed by atoms with E-state index in [1.807, 2.05) is 0 Å². The first kappa shape index (κ1) is 21.7. The summed E-state index contributed by atoms with van der Waals surface area (Å²) in [5, 5.41) is 6.17. The maximum absolute atomic E-state index is 12.7. The molecule has 1 fully saturated rings. The van der Waals surface area contributed by atoms with Gasteiger partial charge in [-0.15, -0.1) is 0 Å². The molecule has 1 aromatic rings. The van der Waals surface area contributed by atoms with Gasteiger partial charge in [0.25, 0.3) is 5.91 Å². The number of amides is 2. The highest BCUT2D eigenvalue weighted by molar-refractivity contribution is 7.90. The molecule has 0 unspecified atom stereocenters. The van der Waals surface area contributed by atoms with Gasteiger partial charge >= 0.3 is 0 Å². The van der Waals surface area contributed by atoms with E-state index in [2.05, 4.69) is 10.6 Å². The quantitative estimate of drug-likeness (QED) is 0.671. The Hall–Kier alpha value is -1.60. The molecule has 0 spiro atoms. The molecule has 1 aliphatic carbocycles. The summed E-state index contributed by atoms with van der Waals surface area (Å²) in [5.74, 6) is -0.926. The smallest absolute Gasteiger partial charge is 0.251 e.